The Kier molecular flexibility index (Phi) is 3.69. The van der Waals surface area contributed by atoms with Crippen LogP contribution in [0.2, 0.25) is 5.02 Å². The zero-order valence-corrected chi connectivity index (χ0v) is 11.0. The van der Waals surface area contributed by atoms with Crippen molar-refractivity contribution in [2.24, 2.45) is 10.7 Å². The molecule has 1 aliphatic heterocycles. The van der Waals surface area contributed by atoms with Gasteiger partial charge in [0.25, 0.3) is 0 Å². The maximum absolute atomic E-state index is 6.30. The molecule has 4 heteroatoms. The third kappa shape index (κ3) is 2.31. The van der Waals surface area contributed by atoms with Crippen LogP contribution >= 0.6 is 11.6 Å². The Morgan fingerprint density at radius 1 is 1.53 bits per heavy atom. The normalized spacial score (nSPS) is 17.2. The van der Waals surface area contributed by atoms with Crippen molar-refractivity contribution in [3.63, 3.8) is 0 Å². The van der Waals surface area contributed by atoms with Crippen molar-refractivity contribution in [1.82, 2.24) is 4.90 Å². The van der Waals surface area contributed by atoms with Crippen LogP contribution in [0.4, 0.5) is 0 Å². The smallest absolute Gasteiger partial charge is 0.121 e. The Balaban J connectivity index is 2.31. The number of likely N-dealkylation sites (N-methyl/N-ethyl adjacent to an activating group) is 1. The lowest BCUT2D eigenvalue weighted by Crippen LogP contribution is -2.35. The maximum Gasteiger partial charge on any atom is 0.121 e. The minimum absolute atomic E-state index is 0.218. The van der Waals surface area contributed by atoms with Gasteiger partial charge in [0.1, 0.15) is 5.84 Å². The highest BCUT2D eigenvalue weighted by atomic mass is 35.5. The van der Waals surface area contributed by atoms with Crippen LogP contribution in [-0.4, -0.2) is 30.4 Å². The lowest BCUT2D eigenvalue weighted by molar-refractivity contribution is 0.468. The Morgan fingerprint density at radius 3 is 3.00 bits per heavy atom. The summed E-state index contributed by atoms with van der Waals surface area (Å²) < 4.78 is 0. The average molecular weight is 252 g/mol. The quantitative estimate of drug-likeness (QED) is 0.896. The van der Waals surface area contributed by atoms with E-state index < -0.39 is 0 Å². The predicted octanol–water partition coefficient (Wildman–Crippen LogP) is 2.38. The largest absolute Gasteiger partial charge is 0.357 e. The number of aryl methyl sites for hydroxylation is 1. The molecule has 1 aliphatic rings. The molecule has 0 saturated carbocycles. The van der Waals surface area contributed by atoms with E-state index in [4.69, 9.17) is 17.3 Å². The van der Waals surface area contributed by atoms with Crippen LogP contribution in [0.1, 0.15) is 24.1 Å². The summed E-state index contributed by atoms with van der Waals surface area (Å²) in [5.41, 5.74) is 8.30. The molecule has 0 amide bonds. The van der Waals surface area contributed by atoms with Gasteiger partial charge in [-0.1, -0.05) is 29.8 Å². The number of rotatable bonds is 3. The number of halogens is 1. The summed E-state index contributed by atoms with van der Waals surface area (Å²) in [5.74, 6) is 0.958. The number of benzene rings is 1. The SMILES string of the molecule is CCN1CCN=C1C(N)c1cccc(C)c1Cl. The lowest BCUT2D eigenvalue weighted by atomic mass is 10.0. The van der Waals surface area contributed by atoms with Crippen LogP contribution in [0, 0.1) is 6.92 Å². The summed E-state index contributed by atoms with van der Waals surface area (Å²) in [4.78, 5) is 6.71. The van der Waals surface area contributed by atoms with Crippen molar-refractivity contribution in [2.45, 2.75) is 19.9 Å². The Labute approximate surface area is 107 Å². The van der Waals surface area contributed by atoms with Crippen molar-refractivity contribution < 1.29 is 0 Å². The van der Waals surface area contributed by atoms with Crippen molar-refractivity contribution >= 4 is 17.4 Å². The van der Waals surface area contributed by atoms with E-state index >= 15 is 0 Å². The van der Waals surface area contributed by atoms with Gasteiger partial charge in [-0.05, 0) is 25.0 Å². The van der Waals surface area contributed by atoms with Crippen LogP contribution in [0.25, 0.3) is 0 Å². The molecule has 3 nitrogen and oxygen atoms in total. The fraction of sp³-hybridized carbons (Fsp3) is 0.462. The molecule has 2 rings (SSSR count). The van der Waals surface area contributed by atoms with E-state index in [0.29, 0.717) is 0 Å². The second kappa shape index (κ2) is 5.07. The van der Waals surface area contributed by atoms with Gasteiger partial charge in [0.15, 0.2) is 0 Å². The van der Waals surface area contributed by atoms with E-state index in [1.807, 2.05) is 25.1 Å². The summed E-state index contributed by atoms with van der Waals surface area (Å²) in [6.07, 6.45) is 0. The molecule has 92 valence electrons. The molecule has 0 fully saturated rings. The van der Waals surface area contributed by atoms with Crippen molar-refractivity contribution in [1.29, 1.82) is 0 Å². The highest BCUT2D eigenvalue weighted by Gasteiger charge is 2.24. The Morgan fingerprint density at radius 2 is 2.29 bits per heavy atom. The first-order chi connectivity index (χ1) is 8.15. The van der Waals surface area contributed by atoms with E-state index in [2.05, 4.69) is 16.8 Å². The van der Waals surface area contributed by atoms with Gasteiger partial charge < -0.3 is 10.6 Å². The van der Waals surface area contributed by atoms with Crippen molar-refractivity contribution in [3.8, 4) is 0 Å². The summed E-state index contributed by atoms with van der Waals surface area (Å²) >= 11 is 6.30. The predicted molar refractivity (Wildman–Crippen MR) is 72.7 cm³/mol. The van der Waals surface area contributed by atoms with Gasteiger partial charge in [0.2, 0.25) is 0 Å². The molecule has 0 aromatic heterocycles. The first kappa shape index (κ1) is 12.4. The Bertz CT molecular complexity index is 442. The summed E-state index contributed by atoms with van der Waals surface area (Å²) in [6.45, 7) is 6.84. The van der Waals surface area contributed by atoms with Crippen LogP contribution in [0.15, 0.2) is 23.2 Å². The fourth-order valence-corrected chi connectivity index (χ4v) is 2.41. The second-order valence-corrected chi connectivity index (χ2v) is 4.65. The van der Waals surface area contributed by atoms with Crippen molar-refractivity contribution in [3.05, 3.63) is 34.3 Å². The summed E-state index contributed by atoms with van der Waals surface area (Å²) in [7, 11) is 0. The average Bonchev–Trinajstić information content (AvgIpc) is 2.80. The van der Waals surface area contributed by atoms with Crippen LogP contribution in [0.5, 0.6) is 0 Å². The molecule has 1 heterocycles. The van der Waals surface area contributed by atoms with Crippen molar-refractivity contribution in [2.75, 3.05) is 19.6 Å². The molecule has 2 N–H and O–H groups in total. The molecule has 1 aromatic rings. The number of hydrogen-bond donors (Lipinski definition) is 1. The summed E-state index contributed by atoms with van der Waals surface area (Å²) in [5, 5.41) is 0.755. The second-order valence-electron chi connectivity index (χ2n) is 4.28. The lowest BCUT2D eigenvalue weighted by Gasteiger charge is -2.24. The van der Waals surface area contributed by atoms with Crippen LogP contribution < -0.4 is 5.73 Å². The zero-order chi connectivity index (χ0) is 12.4. The van der Waals surface area contributed by atoms with Gasteiger partial charge in [0, 0.05) is 18.1 Å². The molecule has 0 aliphatic carbocycles. The molecule has 1 atom stereocenters. The monoisotopic (exact) mass is 251 g/mol. The number of nitrogens with two attached hydrogens (primary N) is 1. The standard InChI is InChI=1S/C13H18ClN3/c1-3-17-8-7-16-13(17)12(15)10-6-4-5-9(2)11(10)14/h4-6,12H,3,7-8,15H2,1-2H3. The molecule has 1 aromatic carbocycles. The number of amidine groups is 1. The first-order valence-corrected chi connectivity index (χ1v) is 6.32. The maximum atomic E-state index is 6.30. The number of aliphatic imine (C=N–C) groups is 1. The topological polar surface area (TPSA) is 41.6 Å². The van der Waals surface area contributed by atoms with Crippen LogP contribution in [0.3, 0.4) is 0 Å². The van der Waals surface area contributed by atoms with E-state index in [1.165, 1.54) is 0 Å². The Hall–Kier alpha value is -1.06. The number of nitrogens with zero attached hydrogens (tertiary/aromatic N) is 2. The third-order valence-electron chi connectivity index (χ3n) is 3.18. The fourth-order valence-electron chi connectivity index (χ4n) is 2.16. The molecular formula is C13H18ClN3. The van der Waals surface area contributed by atoms with E-state index in [0.717, 1.165) is 41.6 Å². The molecule has 0 saturated heterocycles. The molecule has 0 bridgehead atoms. The molecule has 0 spiro atoms. The molecule has 0 radical (unpaired) electrons. The first-order valence-electron chi connectivity index (χ1n) is 5.95. The number of hydrogen-bond acceptors (Lipinski definition) is 3. The van der Waals surface area contributed by atoms with E-state index in [9.17, 15) is 0 Å². The van der Waals surface area contributed by atoms with Gasteiger partial charge in [-0.15, -0.1) is 0 Å². The third-order valence-corrected chi connectivity index (χ3v) is 3.70. The molecular weight excluding hydrogens is 234 g/mol. The van der Waals surface area contributed by atoms with E-state index in [-0.39, 0.29) is 6.04 Å². The highest BCUT2D eigenvalue weighted by molar-refractivity contribution is 6.32. The van der Waals surface area contributed by atoms with Gasteiger partial charge in [-0.25, -0.2) is 0 Å². The minimum atomic E-state index is -0.218. The molecule has 1 unspecified atom stereocenters. The van der Waals surface area contributed by atoms with Gasteiger partial charge >= 0.3 is 0 Å². The van der Waals surface area contributed by atoms with Crippen LogP contribution in [-0.2, 0) is 0 Å². The molecule has 17 heavy (non-hydrogen) atoms. The van der Waals surface area contributed by atoms with Gasteiger partial charge in [-0.3, -0.25) is 4.99 Å². The minimum Gasteiger partial charge on any atom is -0.357 e. The van der Waals surface area contributed by atoms with Gasteiger partial charge in [-0.2, -0.15) is 0 Å². The van der Waals surface area contributed by atoms with Gasteiger partial charge in [0.05, 0.1) is 12.6 Å². The van der Waals surface area contributed by atoms with E-state index in [1.54, 1.807) is 0 Å². The highest BCUT2D eigenvalue weighted by Crippen LogP contribution is 2.27. The zero-order valence-electron chi connectivity index (χ0n) is 10.3. The summed E-state index contributed by atoms with van der Waals surface area (Å²) in [6, 6.07) is 5.74.